The summed E-state index contributed by atoms with van der Waals surface area (Å²) in [6.45, 7) is 4.22. The number of aryl methyl sites for hydroxylation is 3. The molecule has 9 nitrogen and oxygen atoms in total. The molecular formula is C22H24N4O5S2. The van der Waals surface area contributed by atoms with Gasteiger partial charge in [-0.2, -0.15) is 5.10 Å². The lowest BCUT2D eigenvalue weighted by Crippen LogP contribution is -2.36. The number of esters is 1. The van der Waals surface area contributed by atoms with Crippen LogP contribution in [0, 0.1) is 13.8 Å². The Morgan fingerprint density at radius 2 is 1.97 bits per heavy atom. The van der Waals surface area contributed by atoms with Crippen LogP contribution in [0.15, 0.2) is 34.5 Å². The third-order valence-corrected chi connectivity index (χ3v) is 8.55. The van der Waals surface area contributed by atoms with Crippen molar-refractivity contribution in [3.8, 4) is 0 Å². The number of nitrogens with zero attached hydrogens (tertiary/aromatic N) is 3. The van der Waals surface area contributed by atoms with E-state index in [0.717, 1.165) is 22.6 Å². The highest BCUT2D eigenvalue weighted by Gasteiger charge is 2.35. The van der Waals surface area contributed by atoms with Gasteiger partial charge in [-0.05, 0) is 49.6 Å². The predicted octanol–water partition coefficient (Wildman–Crippen LogP) is 2.88. The van der Waals surface area contributed by atoms with Crippen LogP contribution in [-0.2, 0) is 34.8 Å². The summed E-state index contributed by atoms with van der Waals surface area (Å²) in [6.07, 6.45) is 0.346. The highest BCUT2D eigenvalue weighted by molar-refractivity contribution is 7.94. The van der Waals surface area contributed by atoms with Crippen LogP contribution in [0.25, 0.3) is 0 Å². The maximum absolute atomic E-state index is 13.3. The highest BCUT2D eigenvalue weighted by atomic mass is 32.2. The van der Waals surface area contributed by atoms with E-state index in [9.17, 15) is 18.0 Å². The monoisotopic (exact) mass is 488 g/mol. The van der Waals surface area contributed by atoms with Crippen LogP contribution in [0.1, 0.15) is 42.5 Å². The SMILES string of the molecule is COC(=O)c1c(S(=O)(=O)Nc2cccc(C)c2)sc2c1CCN(C(=O)c1cc(C)nn1C)C2. The Balaban J connectivity index is 1.70. The van der Waals surface area contributed by atoms with E-state index in [2.05, 4.69) is 9.82 Å². The van der Waals surface area contributed by atoms with E-state index in [1.54, 1.807) is 36.2 Å². The van der Waals surface area contributed by atoms with Crippen molar-refractivity contribution in [3.63, 3.8) is 0 Å². The third-order valence-electron chi connectivity index (χ3n) is 5.44. The number of carbonyl (C=O) groups excluding carboxylic acids is 2. The van der Waals surface area contributed by atoms with Crippen LogP contribution < -0.4 is 4.72 Å². The lowest BCUT2D eigenvalue weighted by molar-refractivity contribution is 0.0595. The Morgan fingerprint density at radius 3 is 2.61 bits per heavy atom. The van der Waals surface area contributed by atoms with Crippen LogP contribution in [-0.4, -0.2) is 48.6 Å². The first-order valence-electron chi connectivity index (χ1n) is 10.2. The van der Waals surface area contributed by atoms with Gasteiger partial charge in [0, 0.05) is 24.2 Å². The summed E-state index contributed by atoms with van der Waals surface area (Å²) in [5, 5.41) is 4.23. The largest absolute Gasteiger partial charge is 0.465 e. The molecule has 0 saturated heterocycles. The summed E-state index contributed by atoms with van der Waals surface area (Å²) < 4.78 is 35.4. The summed E-state index contributed by atoms with van der Waals surface area (Å²) in [7, 11) is -1.12. The molecule has 0 radical (unpaired) electrons. The number of sulfonamides is 1. The molecule has 3 aromatic rings. The Morgan fingerprint density at radius 1 is 1.21 bits per heavy atom. The van der Waals surface area contributed by atoms with Gasteiger partial charge in [0.2, 0.25) is 0 Å². The minimum absolute atomic E-state index is 0.0427. The molecule has 33 heavy (non-hydrogen) atoms. The molecule has 0 aliphatic carbocycles. The maximum atomic E-state index is 13.3. The minimum Gasteiger partial charge on any atom is -0.465 e. The number of carbonyl (C=O) groups is 2. The number of rotatable bonds is 5. The molecule has 0 spiro atoms. The molecular weight excluding hydrogens is 464 g/mol. The minimum atomic E-state index is -4.05. The zero-order chi connectivity index (χ0) is 23.9. The zero-order valence-corrected chi connectivity index (χ0v) is 20.3. The first kappa shape index (κ1) is 23.0. The van der Waals surface area contributed by atoms with Crippen molar-refractivity contribution < 1.29 is 22.7 Å². The van der Waals surface area contributed by atoms with Crippen molar-refractivity contribution in [2.45, 2.75) is 31.0 Å². The maximum Gasteiger partial charge on any atom is 0.340 e. The molecule has 1 aromatic carbocycles. The van der Waals surface area contributed by atoms with Gasteiger partial charge in [-0.3, -0.25) is 14.2 Å². The number of benzene rings is 1. The lowest BCUT2D eigenvalue weighted by atomic mass is 10.0. The number of amides is 1. The van der Waals surface area contributed by atoms with Crippen LogP contribution in [0.3, 0.4) is 0 Å². The molecule has 1 aliphatic heterocycles. The first-order chi connectivity index (χ1) is 15.6. The number of hydrogen-bond donors (Lipinski definition) is 1. The number of methoxy groups -OCH3 is 1. The third kappa shape index (κ3) is 4.38. The van der Waals surface area contributed by atoms with E-state index < -0.39 is 16.0 Å². The Hall–Kier alpha value is -3.18. The van der Waals surface area contributed by atoms with Crippen LogP contribution in [0.5, 0.6) is 0 Å². The van der Waals surface area contributed by atoms with Gasteiger partial charge in [0.15, 0.2) is 4.21 Å². The second-order valence-electron chi connectivity index (χ2n) is 7.90. The molecule has 0 atom stereocenters. The molecule has 174 valence electrons. The molecule has 2 aromatic heterocycles. The Kier molecular flexibility index (Phi) is 6.02. The van der Waals surface area contributed by atoms with Gasteiger partial charge in [-0.1, -0.05) is 12.1 Å². The summed E-state index contributed by atoms with van der Waals surface area (Å²) in [6, 6.07) is 8.67. The average Bonchev–Trinajstić information content (AvgIpc) is 3.31. The van der Waals surface area contributed by atoms with Crippen LogP contribution >= 0.6 is 11.3 Å². The number of ether oxygens (including phenoxy) is 1. The van der Waals surface area contributed by atoms with Crippen molar-refractivity contribution in [2.24, 2.45) is 7.05 Å². The van der Waals surface area contributed by atoms with Crippen molar-refractivity contribution in [1.82, 2.24) is 14.7 Å². The van der Waals surface area contributed by atoms with Crippen molar-refractivity contribution in [1.29, 1.82) is 0 Å². The van der Waals surface area contributed by atoms with Gasteiger partial charge < -0.3 is 9.64 Å². The van der Waals surface area contributed by atoms with E-state index in [4.69, 9.17) is 4.74 Å². The standard InChI is InChI=1S/C22H24N4O5S2/c1-13-6-5-7-15(10-13)24-33(29,30)22-19(21(28)31-4)16-8-9-26(12-18(16)32-22)20(27)17-11-14(2)23-25(17)3/h5-7,10-11,24H,8-9,12H2,1-4H3. The molecule has 0 bridgehead atoms. The van der Waals surface area contributed by atoms with Gasteiger partial charge >= 0.3 is 5.97 Å². The molecule has 0 fully saturated rings. The number of anilines is 1. The quantitative estimate of drug-likeness (QED) is 0.553. The van der Waals surface area contributed by atoms with E-state index in [1.807, 2.05) is 19.9 Å². The topological polar surface area (TPSA) is 111 Å². The van der Waals surface area contributed by atoms with Gasteiger partial charge in [0.1, 0.15) is 5.69 Å². The summed E-state index contributed by atoms with van der Waals surface area (Å²) in [4.78, 5) is 27.9. The Labute approximate surface area is 196 Å². The van der Waals surface area contributed by atoms with Crippen LogP contribution in [0.2, 0.25) is 0 Å². The van der Waals surface area contributed by atoms with Crippen LogP contribution in [0.4, 0.5) is 5.69 Å². The Bertz CT molecular complexity index is 1360. The fraction of sp³-hybridized carbons (Fsp3) is 0.318. The highest BCUT2D eigenvalue weighted by Crippen LogP contribution is 2.37. The van der Waals surface area contributed by atoms with Crippen molar-refractivity contribution >= 4 is 38.9 Å². The molecule has 0 unspecified atom stereocenters. The van der Waals surface area contributed by atoms with E-state index in [-0.39, 0.29) is 22.2 Å². The number of hydrogen-bond acceptors (Lipinski definition) is 7. The number of fused-ring (bicyclic) bond motifs is 1. The van der Waals surface area contributed by atoms with Gasteiger partial charge in [-0.25, -0.2) is 13.2 Å². The van der Waals surface area contributed by atoms with Crippen molar-refractivity contribution in [3.05, 3.63) is 63.3 Å². The second-order valence-corrected chi connectivity index (χ2v) is 10.9. The van der Waals surface area contributed by atoms with E-state index in [1.165, 1.54) is 11.8 Å². The summed E-state index contributed by atoms with van der Waals surface area (Å²) in [5.41, 5.74) is 3.14. The lowest BCUT2D eigenvalue weighted by Gasteiger charge is -2.27. The molecule has 11 heteroatoms. The molecule has 4 rings (SSSR count). The molecule has 1 aliphatic rings. The van der Waals surface area contributed by atoms with Gasteiger partial charge in [-0.15, -0.1) is 11.3 Å². The zero-order valence-electron chi connectivity index (χ0n) is 18.7. The normalized spacial score (nSPS) is 13.5. The van der Waals surface area contributed by atoms with Crippen molar-refractivity contribution in [2.75, 3.05) is 18.4 Å². The molecule has 0 saturated carbocycles. The smallest absolute Gasteiger partial charge is 0.340 e. The number of thiophene rings is 1. The second kappa shape index (κ2) is 8.64. The first-order valence-corrected chi connectivity index (χ1v) is 12.5. The fourth-order valence-corrected chi connectivity index (χ4v) is 6.88. The fourth-order valence-electron chi connectivity index (χ4n) is 3.93. The molecule has 1 N–H and O–H groups in total. The molecule has 3 heterocycles. The molecule has 1 amide bonds. The van der Waals surface area contributed by atoms with Gasteiger partial charge in [0.25, 0.3) is 15.9 Å². The van der Waals surface area contributed by atoms with E-state index >= 15 is 0 Å². The summed E-state index contributed by atoms with van der Waals surface area (Å²) in [5.74, 6) is -0.904. The predicted molar refractivity (Wildman–Crippen MR) is 124 cm³/mol. The van der Waals surface area contributed by atoms with E-state index in [0.29, 0.717) is 34.8 Å². The number of nitrogens with one attached hydrogen (secondary N) is 1. The summed E-state index contributed by atoms with van der Waals surface area (Å²) >= 11 is 0.994. The van der Waals surface area contributed by atoms with Gasteiger partial charge in [0.05, 0.1) is 24.9 Å². The average molecular weight is 489 g/mol. The number of aromatic nitrogens is 2.